The zero-order chi connectivity index (χ0) is 16.4. The molecule has 6 nitrogen and oxygen atoms in total. The quantitative estimate of drug-likeness (QED) is 0.893. The van der Waals surface area contributed by atoms with E-state index in [9.17, 15) is 19.5 Å². The van der Waals surface area contributed by atoms with Crippen molar-refractivity contribution < 1.29 is 19.5 Å². The number of hydrogen-bond acceptors (Lipinski definition) is 3. The Labute approximate surface area is 129 Å². The van der Waals surface area contributed by atoms with Gasteiger partial charge in [-0.25, -0.2) is 4.79 Å². The topological polar surface area (TPSA) is 77.9 Å². The Balaban J connectivity index is 2.29. The Morgan fingerprint density at radius 1 is 1.14 bits per heavy atom. The maximum absolute atomic E-state index is 12.7. The van der Waals surface area contributed by atoms with Crippen LogP contribution in [0.3, 0.4) is 0 Å². The molecule has 0 radical (unpaired) electrons. The molecule has 1 aromatic rings. The summed E-state index contributed by atoms with van der Waals surface area (Å²) >= 11 is 0. The zero-order valence-corrected chi connectivity index (χ0v) is 12.9. The first-order chi connectivity index (χ1) is 10.3. The highest BCUT2D eigenvalue weighted by Crippen LogP contribution is 2.30. The summed E-state index contributed by atoms with van der Waals surface area (Å²) in [7, 11) is 3.28. The molecule has 1 fully saturated rings. The van der Waals surface area contributed by atoms with Crippen LogP contribution in [0.4, 0.5) is 0 Å². The van der Waals surface area contributed by atoms with E-state index in [0.29, 0.717) is 11.1 Å². The van der Waals surface area contributed by atoms with Gasteiger partial charge in [0, 0.05) is 31.3 Å². The molecule has 0 heterocycles. The van der Waals surface area contributed by atoms with E-state index >= 15 is 0 Å². The molecule has 1 unspecified atom stereocenters. The van der Waals surface area contributed by atoms with Crippen molar-refractivity contribution in [3.8, 4) is 0 Å². The van der Waals surface area contributed by atoms with Crippen molar-refractivity contribution in [3.05, 3.63) is 35.4 Å². The fourth-order valence-electron chi connectivity index (χ4n) is 2.32. The lowest BCUT2D eigenvalue weighted by Gasteiger charge is -2.26. The highest BCUT2D eigenvalue weighted by atomic mass is 16.4. The Morgan fingerprint density at radius 2 is 1.68 bits per heavy atom. The molecular formula is C16H20N2O4. The molecule has 0 aliphatic heterocycles. The minimum atomic E-state index is -1.03. The number of carbonyl (C=O) groups excluding carboxylic acids is 2. The molecule has 22 heavy (non-hydrogen) atoms. The van der Waals surface area contributed by atoms with Crippen molar-refractivity contribution in [1.29, 1.82) is 0 Å². The summed E-state index contributed by atoms with van der Waals surface area (Å²) in [6.45, 7) is 1.51. The molecule has 0 saturated heterocycles. The van der Waals surface area contributed by atoms with E-state index in [1.165, 1.54) is 22.8 Å². The summed E-state index contributed by atoms with van der Waals surface area (Å²) < 4.78 is 0. The first-order valence-electron chi connectivity index (χ1n) is 7.20. The average Bonchev–Trinajstić information content (AvgIpc) is 3.31. The summed E-state index contributed by atoms with van der Waals surface area (Å²) in [4.78, 5) is 38.7. The number of amides is 2. The summed E-state index contributed by atoms with van der Waals surface area (Å²) in [5.74, 6) is -1.56. The molecule has 0 aromatic heterocycles. The molecule has 1 aliphatic carbocycles. The molecule has 1 atom stereocenters. The normalized spacial score (nSPS) is 15.0. The molecule has 2 amide bonds. The number of carboxylic acid groups (broad SMARTS) is 1. The molecular weight excluding hydrogens is 284 g/mol. The van der Waals surface area contributed by atoms with Gasteiger partial charge < -0.3 is 14.9 Å². The van der Waals surface area contributed by atoms with Crippen LogP contribution in [-0.4, -0.2) is 58.9 Å². The molecule has 1 saturated carbocycles. The third kappa shape index (κ3) is 3.27. The van der Waals surface area contributed by atoms with E-state index < -0.39 is 12.0 Å². The van der Waals surface area contributed by atoms with Gasteiger partial charge in [0.25, 0.3) is 11.8 Å². The van der Waals surface area contributed by atoms with Crippen molar-refractivity contribution >= 4 is 17.8 Å². The molecule has 6 heteroatoms. The van der Waals surface area contributed by atoms with Gasteiger partial charge in [0.15, 0.2) is 0 Å². The lowest BCUT2D eigenvalue weighted by molar-refractivity contribution is -0.141. The van der Waals surface area contributed by atoms with Crippen molar-refractivity contribution in [2.24, 2.45) is 0 Å². The maximum atomic E-state index is 12.7. The number of hydrogen-bond donors (Lipinski definition) is 1. The molecule has 0 spiro atoms. The lowest BCUT2D eigenvalue weighted by atomic mass is 10.1. The standard InChI is InChI=1S/C16H20N2O4/c1-10(16(21)22)18(13-7-8-13)15(20)12-6-4-5-11(9-12)14(19)17(2)3/h4-6,9-10,13H,7-8H2,1-3H3,(H,21,22). The van der Waals surface area contributed by atoms with Crippen LogP contribution in [0.1, 0.15) is 40.5 Å². The van der Waals surface area contributed by atoms with E-state index in [-0.39, 0.29) is 17.9 Å². The largest absolute Gasteiger partial charge is 0.480 e. The van der Waals surface area contributed by atoms with Crippen molar-refractivity contribution in [1.82, 2.24) is 9.80 Å². The van der Waals surface area contributed by atoms with E-state index in [1.54, 1.807) is 32.3 Å². The molecule has 1 aromatic carbocycles. The minimum absolute atomic E-state index is 0.0215. The number of rotatable bonds is 5. The molecule has 118 valence electrons. The van der Waals surface area contributed by atoms with Gasteiger partial charge in [0.2, 0.25) is 0 Å². The Morgan fingerprint density at radius 3 is 2.14 bits per heavy atom. The minimum Gasteiger partial charge on any atom is -0.480 e. The van der Waals surface area contributed by atoms with Gasteiger partial charge in [-0.15, -0.1) is 0 Å². The third-order valence-electron chi connectivity index (χ3n) is 3.71. The van der Waals surface area contributed by atoms with Crippen LogP contribution in [0.5, 0.6) is 0 Å². The number of aliphatic carboxylic acids is 1. The van der Waals surface area contributed by atoms with E-state index in [4.69, 9.17) is 0 Å². The fraction of sp³-hybridized carbons (Fsp3) is 0.438. The van der Waals surface area contributed by atoms with Gasteiger partial charge in [0.1, 0.15) is 6.04 Å². The molecule has 1 aliphatic rings. The second kappa shape index (κ2) is 6.17. The summed E-state index contributed by atoms with van der Waals surface area (Å²) in [6, 6.07) is 5.51. The molecule has 1 N–H and O–H groups in total. The smallest absolute Gasteiger partial charge is 0.326 e. The van der Waals surface area contributed by atoms with Crippen LogP contribution in [-0.2, 0) is 4.79 Å². The third-order valence-corrected chi connectivity index (χ3v) is 3.71. The van der Waals surface area contributed by atoms with Crippen molar-refractivity contribution in [3.63, 3.8) is 0 Å². The Hall–Kier alpha value is -2.37. The number of benzene rings is 1. The zero-order valence-electron chi connectivity index (χ0n) is 12.9. The highest BCUT2D eigenvalue weighted by molar-refractivity contribution is 6.00. The van der Waals surface area contributed by atoms with Crippen LogP contribution >= 0.6 is 0 Å². The summed E-state index contributed by atoms with van der Waals surface area (Å²) in [5.41, 5.74) is 0.752. The number of carboxylic acids is 1. The van der Waals surface area contributed by atoms with E-state index in [1.807, 2.05) is 0 Å². The Bertz CT molecular complexity index is 608. The average molecular weight is 304 g/mol. The number of nitrogens with zero attached hydrogens (tertiary/aromatic N) is 2. The summed E-state index contributed by atoms with van der Waals surface area (Å²) in [6.07, 6.45) is 1.64. The van der Waals surface area contributed by atoms with Gasteiger partial charge in [-0.1, -0.05) is 6.07 Å². The second-order valence-electron chi connectivity index (χ2n) is 5.74. The molecule has 0 bridgehead atoms. The van der Waals surface area contributed by atoms with Crippen molar-refractivity contribution in [2.75, 3.05) is 14.1 Å². The predicted molar refractivity (Wildman–Crippen MR) is 80.7 cm³/mol. The van der Waals surface area contributed by atoms with Crippen LogP contribution in [0.2, 0.25) is 0 Å². The summed E-state index contributed by atoms with van der Waals surface area (Å²) in [5, 5.41) is 9.19. The SMILES string of the molecule is CC(C(=O)O)N(C(=O)c1cccc(C(=O)N(C)C)c1)C1CC1. The van der Waals surface area contributed by atoms with Crippen LogP contribution in [0, 0.1) is 0 Å². The highest BCUT2D eigenvalue weighted by Gasteiger charge is 2.38. The first-order valence-corrected chi connectivity index (χ1v) is 7.20. The van der Waals surface area contributed by atoms with Crippen LogP contribution < -0.4 is 0 Å². The van der Waals surface area contributed by atoms with E-state index in [0.717, 1.165) is 12.8 Å². The van der Waals surface area contributed by atoms with Gasteiger partial charge in [0.05, 0.1) is 0 Å². The van der Waals surface area contributed by atoms with Gasteiger partial charge in [-0.2, -0.15) is 0 Å². The number of carbonyl (C=O) groups is 3. The first kappa shape index (κ1) is 16.0. The van der Waals surface area contributed by atoms with Crippen molar-refractivity contribution in [2.45, 2.75) is 31.8 Å². The van der Waals surface area contributed by atoms with Crippen LogP contribution in [0.25, 0.3) is 0 Å². The monoisotopic (exact) mass is 304 g/mol. The lowest BCUT2D eigenvalue weighted by Crippen LogP contribution is -2.44. The maximum Gasteiger partial charge on any atom is 0.326 e. The second-order valence-corrected chi connectivity index (χ2v) is 5.74. The van der Waals surface area contributed by atoms with Gasteiger partial charge >= 0.3 is 5.97 Å². The van der Waals surface area contributed by atoms with Gasteiger partial charge in [-0.3, -0.25) is 9.59 Å². The predicted octanol–water partition coefficient (Wildman–Crippen LogP) is 1.47. The van der Waals surface area contributed by atoms with E-state index in [2.05, 4.69) is 0 Å². The Kier molecular flexibility index (Phi) is 4.49. The van der Waals surface area contributed by atoms with Crippen LogP contribution in [0.15, 0.2) is 24.3 Å². The molecule has 2 rings (SSSR count). The fourth-order valence-corrected chi connectivity index (χ4v) is 2.32. The van der Waals surface area contributed by atoms with Gasteiger partial charge in [-0.05, 0) is 38.0 Å².